The quantitative estimate of drug-likeness (QED) is 0.470. The zero-order chi connectivity index (χ0) is 22.9. The number of hydrogen-bond donors (Lipinski definition) is 1. The number of benzene rings is 2. The van der Waals surface area contributed by atoms with E-state index < -0.39 is 15.3 Å². The molecule has 0 spiro atoms. The van der Waals surface area contributed by atoms with Crippen LogP contribution in [-0.2, 0) is 23.1 Å². The van der Waals surface area contributed by atoms with Gasteiger partial charge in [0.25, 0.3) is 0 Å². The second-order valence-corrected chi connectivity index (χ2v) is 9.71. The summed E-state index contributed by atoms with van der Waals surface area (Å²) in [7, 11) is -0.525. The highest BCUT2D eigenvalue weighted by atomic mass is 32.2. The van der Waals surface area contributed by atoms with Gasteiger partial charge in [-0.3, -0.25) is 0 Å². The van der Waals surface area contributed by atoms with E-state index in [0.29, 0.717) is 17.9 Å². The van der Waals surface area contributed by atoms with Crippen molar-refractivity contribution in [1.29, 1.82) is 0 Å². The molecule has 2 atom stereocenters. The van der Waals surface area contributed by atoms with E-state index in [1.165, 1.54) is 4.31 Å². The number of allylic oxidation sites excluding steroid dienone is 1. The van der Waals surface area contributed by atoms with Gasteiger partial charge in [0, 0.05) is 19.7 Å². The van der Waals surface area contributed by atoms with E-state index in [0.717, 1.165) is 11.1 Å². The van der Waals surface area contributed by atoms with Crippen LogP contribution in [0.3, 0.4) is 0 Å². The Kier molecular flexibility index (Phi) is 9.55. The van der Waals surface area contributed by atoms with Crippen molar-refractivity contribution in [1.82, 2.24) is 4.31 Å². The van der Waals surface area contributed by atoms with Crippen LogP contribution in [0.5, 0.6) is 11.5 Å². The van der Waals surface area contributed by atoms with Gasteiger partial charge in [0.1, 0.15) is 11.5 Å². The van der Waals surface area contributed by atoms with Gasteiger partial charge in [-0.1, -0.05) is 37.3 Å². The number of sulfonamides is 1. The second kappa shape index (κ2) is 11.9. The van der Waals surface area contributed by atoms with E-state index in [1.54, 1.807) is 20.3 Å². The Morgan fingerprint density at radius 2 is 1.42 bits per heavy atom. The molecule has 31 heavy (non-hydrogen) atoms. The predicted molar refractivity (Wildman–Crippen MR) is 124 cm³/mol. The van der Waals surface area contributed by atoms with Gasteiger partial charge in [-0.15, -0.1) is 6.58 Å². The first-order valence-electron chi connectivity index (χ1n) is 10.3. The summed E-state index contributed by atoms with van der Waals surface area (Å²) in [5.74, 6) is 1.26. The lowest BCUT2D eigenvalue weighted by Crippen LogP contribution is -2.41. The van der Waals surface area contributed by atoms with Gasteiger partial charge in [0.15, 0.2) is 0 Å². The van der Waals surface area contributed by atoms with Gasteiger partial charge in [-0.25, -0.2) is 8.42 Å². The van der Waals surface area contributed by atoms with Gasteiger partial charge in [0.2, 0.25) is 10.0 Å². The smallest absolute Gasteiger partial charge is 0.217 e. The first-order valence-corrected chi connectivity index (χ1v) is 11.8. The molecule has 0 saturated heterocycles. The van der Waals surface area contributed by atoms with Crippen molar-refractivity contribution >= 4 is 10.0 Å². The summed E-state index contributed by atoms with van der Waals surface area (Å²) >= 11 is 0. The maximum absolute atomic E-state index is 13.7. The average Bonchev–Trinajstić information content (AvgIpc) is 2.78. The molecular formula is C24H33NO5S. The van der Waals surface area contributed by atoms with Crippen LogP contribution in [0.15, 0.2) is 61.2 Å². The summed E-state index contributed by atoms with van der Waals surface area (Å²) in [5.41, 5.74) is 1.72. The number of aliphatic hydroxyl groups is 1. The molecule has 0 fully saturated rings. The molecule has 0 aliphatic heterocycles. The van der Waals surface area contributed by atoms with Crippen molar-refractivity contribution in [2.24, 2.45) is 5.92 Å². The minimum atomic E-state index is -3.71. The number of methoxy groups -OCH3 is 2. The summed E-state index contributed by atoms with van der Waals surface area (Å²) in [6, 6.07) is 14.7. The third-order valence-corrected chi connectivity index (χ3v) is 7.81. The number of aliphatic hydroxyl groups excluding tert-OH is 1. The maximum atomic E-state index is 13.7. The van der Waals surface area contributed by atoms with Crippen molar-refractivity contribution in [3.63, 3.8) is 0 Å². The lowest BCUT2D eigenvalue weighted by Gasteiger charge is -2.30. The summed E-state index contributed by atoms with van der Waals surface area (Å²) < 4.78 is 39.4. The Bertz CT molecular complexity index is 860. The Morgan fingerprint density at radius 1 is 0.968 bits per heavy atom. The fourth-order valence-corrected chi connectivity index (χ4v) is 5.71. The Labute approximate surface area is 186 Å². The van der Waals surface area contributed by atoms with Crippen LogP contribution in [0.1, 0.15) is 30.9 Å². The molecule has 0 aliphatic carbocycles. The highest BCUT2D eigenvalue weighted by Crippen LogP contribution is 2.27. The van der Waals surface area contributed by atoms with E-state index >= 15 is 0 Å². The molecule has 0 unspecified atom stereocenters. The lowest BCUT2D eigenvalue weighted by atomic mass is 10.0. The SMILES string of the molecule is C=CC[C@H](C)[C@H](CCO)S(=O)(=O)N(Cc1ccc(OC)cc1)Cc1ccc(OC)cc1. The fraction of sp³-hybridized carbons (Fsp3) is 0.417. The Morgan fingerprint density at radius 3 is 1.77 bits per heavy atom. The van der Waals surface area contributed by atoms with Crippen LogP contribution < -0.4 is 9.47 Å². The summed E-state index contributed by atoms with van der Waals surface area (Å²) in [4.78, 5) is 0. The van der Waals surface area contributed by atoms with Gasteiger partial charge in [-0.05, 0) is 54.2 Å². The lowest BCUT2D eigenvalue weighted by molar-refractivity contribution is 0.269. The first kappa shape index (κ1) is 24.9. The molecule has 2 aromatic rings. The van der Waals surface area contributed by atoms with Crippen LogP contribution in [0, 0.1) is 5.92 Å². The molecule has 2 aromatic carbocycles. The summed E-state index contributed by atoms with van der Waals surface area (Å²) in [6.45, 7) is 5.89. The van der Waals surface area contributed by atoms with Crippen LogP contribution in [0.2, 0.25) is 0 Å². The number of rotatable bonds is 13. The predicted octanol–water partition coefficient (Wildman–Crippen LogP) is 4.00. The normalized spacial score (nSPS) is 13.6. The molecule has 2 rings (SSSR count). The van der Waals surface area contributed by atoms with Gasteiger partial charge < -0.3 is 14.6 Å². The van der Waals surface area contributed by atoms with Crippen LogP contribution >= 0.6 is 0 Å². The fourth-order valence-electron chi connectivity index (χ4n) is 3.57. The molecule has 1 N–H and O–H groups in total. The van der Waals surface area contributed by atoms with E-state index in [9.17, 15) is 13.5 Å². The number of ether oxygens (including phenoxy) is 2. The van der Waals surface area contributed by atoms with Gasteiger partial charge >= 0.3 is 0 Å². The van der Waals surface area contributed by atoms with E-state index in [4.69, 9.17) is 9.47 Å². The van der Waals surface area contributed by atoms with E-state index in [1.807, 2.05) is 55.5 Å². The van der Waals surface area contributed by atoms with Crippen molar-refractivity contribution in [3.8, 4) is 11.5 Å². The molecule has 0 aliphatic rings. The number of nitrogens with zero attached hydrogens (tertiary/aromatic N) is 1. The molecule has 0 aromatic heterocycles. The van der Waals surface area contributed by atoms with E-state index in [-0.39, 0.29) is 32.0 Å². The summed E-state index contributed by atoms with van der Waals surface area (Å²) in [5, 5.41) is 8.86. The van der Waals surface area contributed by atoms with Crippen LogP contribution in [0.25, 0.3) is 0 Å². The number of hydrogen-bond acceptors (Lipinski definition) is 5. The third-order valence-electron chi connectivity index (χ3n) is 5.37. The molecule has 0 bridgehead atoms. The molecule has 0 amide bonds. The van der Waals surface area contributed by atoms with Crippen LogP contribution in [-0.4, -0.2) is 43.9 Å². The molecule has 7 heteroatoms. The standard InChI is InChI=1S/C24H33NO5S/c1-5-6-19(2)24(15-16-26)31(27,28)25(17-20-7-11-22(29-3)12-8-20)18-21-9-13-23(30-4)14-10-21/h5,7-14,19,24,26H,1,6,15-18H2,2-4H3/t19-,24-/m0/s1. The highest BCUT2D eigenvalue weighted by molar-refractivity contribution is 7.89. The van der Waals surface area contributed by atoms with Crippen LogP contribution in [0.4, 0.5) is 0 Å². The van der Waals surface area contributed by atoms with Crippen molar-refractivity contribution in [2.45, 2.75) is 38.1 Å². The minimum absolute atomic E-state index is 0.163. The Balaban J connectivity index is 2.39. The minimum Gasteiger partial charge on any atom is -0.497 e. The zero-order valence-electron chi connectivity index (χ0n) is 18.5. The third kappa shape index (κ3) is 6.82. The monoisotopic (exact) mass is 447 g/mol. The molecular weight excluding hydrogens is 414 g/mol. The van der Waals surface area contributed by atoms with Crippen molar-refractivity contribution in [2.75, 3.05) is 20.8 Å². The highest BCUT2D eigenvalue weighted by Gasteiger charge is 2.35. The molecule has 0 saturated carbocycles. The molecule has 0 radical (unpaired) electrons. The largest absolute Gasteiger partial charge is 0.497 e. The van der Waals surface area contributed by atoms with E-state index in [2.05, 4.69) is 6.58 Å². The molecule has 0 heterocycles. The second-order valence-electron chi connectivity index (χ2n) is 7.56. The average molecular weight is 448 g/mol. The summed E-state index contributed by atoms with van der Waals surface area (Å²) in [6.07, 6.45) is 2.46. The zero-order valence-corrected chi connectivity index (χ0v) is 19.3. The van der Waals surface area contributed by atoms with Gasteiger partial charge in [0.05, 0.1) is 19.5 Å². The van der Waals surface area contributed by atoms with Gasteiger partial charge in [-0.2, -0.15) is 4.31 Å². The van der Waals surface area contributed by atoms with Crippen molar-refractivity contribution < 1.29 is 23.0 Å². The Hall–Kier alpha value is -2.35. The molecule has 6 nitrogen and oxygen atoms in total. The topological polar surface area (TPSA) is 76.1 Å². The first-order chi connectivity index (χ1) is 14.8. The maximum Gasteiger partial charge on any atom is 0.217 e. The van der Waals surface area contributed by atoms with Crippen molar-refractivity contribution in [3.05, 3.63) is 72.3 Å². The molecule has 170 valence electrons.